The van der Waals surface area contributed by atoms with Crippen LogP contribution in [-0.2, 0) is 0 Å². The molecule has 0 heterocycles. The van der Waals surface area contributed by atoms with Crippen molar-refractivity contribution in [2.45, 2.75) is 60.3 Å². The Balaban J connectivity index is 2.61. The molecule has 0 saturated heterocycles. The van der Waals surface area contributed by atoms with Gasteiger partial charge in [-0.05, 0) is 52.8 Å². The molecular formula is C23H31F. The van der Waals surface area contributed by atoms with E-state index in [0.29, 0.717) is 11.8 Å². The summed E-state index contributed by atoms with van der Waals surface area (Å²) in [6.07, 6.45) is 0. The van der Waals surface area contributed by atoms with E-state index in [1.165, 1.54) is 16.7 Å². The molecule has 0 nitrogen and oxygen atoms in total. The average molecular weight is 326 g/mol. The van der Waals surface area contributed by atoms with Gasteiger partial charge in [0.25, 0.3) is 0 Å². The molecule has 2 aromatic carbocycles. The highest BCUT2D eigenvalue weighted by molar-refractivity contribution is 5.33. The molecule has 0 aromatic heterocycles. The van der Waals surface area contributed by atoms with Gasteiger partial charge in [0.1, 0.15) is 5.82 Å². The van der Waals surface area contributed by atoms with Crippen molar-refractivity contribution >= 4 is 0 Å². The highest BCUT2D eigenvalue weighted by Gasteiger charge is 2.40. The molecule has 2 unspecified atom stereocenters. The third-order valence-corrected chi connectivity index (χ3v) is 4.86. The van der Waals surface area contributed by atoms with Crippen LogP contribution in [0.3, 0.4) is 0 Å². The normalized spacial score (nSPS) is 15.2. The molecule has 0 radical (unpaired) electrons. The lowest BCUT2D eigenvalue weighted by Gasteiger charge is -2.44. The lowest BCUT2D eigenvalue weighted by atomic mass is 9.60. The lowest BCUT2D eigenvalue weighted by Crippen LogP contribution is -2.32. The Morgan fingerprint density at radius 1 is 0.625 bits per heavy atom. The third kappa shape index (κ3) is 4.26. The standard InChI is InChI=1S/C23H31F/c1-16-8-10-17(11-9-16)20(22(2,3)4)21(23(5,6)7)18-12-14-19(24)15-13-18/h8-15,20-21H,1-7H3. The van der Waals surface area contributed by atoms with E-state index in [-0.39, 0.29) is 16.6 Å². The highest BCUT2D eigenvalue weighted by Crippen LogP contribution is 2.52. The van der Waals surface area contributed by atoms with Crippen molar-refractivity contribution in [2.75, 3.05) is 0 Å². The summed E-state index contributed by atoms with van der Waals surface area (Å²) in [6, 6.07) is 16.0. The summed E-state index contributed by atoms with van der Waals surface area (Å²) in [5.41, 5.74) is 4.02. The number of benzene rings is 2. The van der Waals surface area contributed by atoms with Crippen LogP contribution in [-0.4, -0.2) is 0 Å². The zero-order valence-corrected chi connectivity index (χ0v) is 16.2. The summed E-state index contributed by atoms with van der Waals surface area (Å²) in [5, 5.41) is 0. The Bertz CT molecular complexity index is 590. The first-order valence-electron chi connectivity index (χ1n) is 8.82. The molecule has 24 heavy (non-hydrogen) atoms. The topological polar surface area (TPSA) is 0 Å². The van der Waals surface area contributed by atoms with Crippen LogP contribution >= 0.6 is 0 Å². The molecule has 0 aliphatic heterocycles. The molecule has 130 valence electrons. The number of halogens is 1. The Morgan fingerprint density at radius 3 is 1.29 bits per heavy atom. The summed E-state index contributed by atoms with van der Waals surface area (Å²) in [7, 11) is 0. The summed E-state index contributed by atoms with van der Waals surface area (Å²) in [6.45, 7) is 15.9. The van der Waals surface area contributed by atoms with E-state index in [2.05, 4.69) is 72.7 Å². The van der Waals surface area contributed by atoms with Crippen molar-refractivity contribution in [3.8, 4) is 0 Å². The van der Waals surface area contributed by atoms with Gasteiger partial charge in [-0.15, -0.1) is 0 Å². The average Bonchev–Trinajstić information content (AvgIpc) is 2.45. The van der Waals surface area contributed by atoms with Gasteiger partial charge in [-0.25, -0.2) is 4.39 Å². The zero-order valence-electron chi connectivity index (χ0n) is 16.2. The van der Waals surface area contributed by atoms with Crippen molar-refractivity contribution < 1.29 is 4.39 Å². The molecule has 1 heteroatoms. The maximum atomic E-state index is 13.4. The van der Waals surface area contributed by atoms with Crippen LogP contribution in [0.25, 0.3) is 0 Å². The van der Waals surface area contributed by atoms with Crippen LogP contribution in [0, 0.1) is 23.6 Å². The van der Waals surface area contributed by atoms with Crippen LogP contribution in [0.1, 0.15) is 70.1 Å². The first-order valence-corrected chi connectivity index (χ1v) is 8.82. The van der Waals surface area contributed by atoms with E-state index in [1.54, 1.807) is 12.1 Å². The highest BCUT2D eigenvalue weighted by atomic mass is 19.1. The van der Waals surface area contributed by atoms with Gasteiger partial charge in [-0.3, -0.25) is 0 Å². The molecular weight excluding hydrogens is 295 g/mol. The smallest absolute Gasteiger partial charge is 0.123 e. The van der Waals surface area contributed by atoms with Gasteiger partial charge in [-0.2, -0.15) is 0 Å². The second-order valence-corrected chi connectivity index (χ2v) is 9.15. The number of rotatable bonds is 3. The molecule has 0 fully saturated rings. The fraction of sp³-hybridized carbons (Fsp3) is 0.478. The van der Waals surface area contributed by atoms with Gasteiger partial charge >= 0.3 is 0 Å². The van der Waals surface area contributed by atoms with Crippen molar-refractivity contribution in [3.05, 3.63) is 71.0 Å². The summed E-state index contributed by atoms with van der Waals surface area (Å²) in [4.78, 5) is 0. The van der Waals surface area contributed by atoms with Crippen LogP contribution in [0.5, 0.6) is 0 Å². The summed E-state index contributed by atoms with van der Waals surface area (Å²) < 4.78 is 13.4. The van der Waals surface area contributed by atoms with Gasteiger partial charge < -0.3 is 0 Å². The largest absolute Gasteiger partial charge is 0.207 e. The van der Waals surface area contributed by atoms with Crippen LogP contribution in [0.15, 0.2) is 48.5 Å². The van der Waals surface area contributed by atoms with E-state index in [0.717, 1.165) is 0 Å². The maximum absolute atomic E-state index is 13.4. The Labute approximate surface area is 147 Å². The minimum atomic E-state index is -0.172. The summed E-state index contributed by atoms with van der Waals surface area (Å²) in [5.74, 6) is 0.485. The van der Waals surface area contributed by atoms with Gasteiger partial charge in [0.15, 0.2) is 0 Å². The maximum Gasteiger partial charge on any atom is 0.123 e. The number of hydrogen-bond acceptors (Lipinski definition) is 0. The fourth-order valence-electron chi connectivity index (χ4n) is 3.83. The lowest BCUT2D eigenvalue weighted by molar-refractivity contribution is 0.186. The quantitative estimate of drug-likeness (QED) is 0.564. The van der Waals surface area contributed by atoms with Gasteiger partial charge in [0.2, 0.25) is 0 Å². The first-order chi connectivity index (χ1) is 11.0. The molecule has 0 aliphatic rings. The molecule has 2 aromatic rings. The van der Waals surface area contributed by atoms with E-state index in [1.807, 2.05) is 12.1 Å². The molecule has 0 spiro atoms. The molecule has 0 amide bonds. The SMILES string of the molecule is Cc1ccc(C(C(c2ccc(F)cc2)C(C)(C)C)C(C)(C)C)cc1. The molecule has 0 aliphatic carbocycles. The van der Waals surface area contributed by atoms with Crippen molar-refractivity contribution in [2.24, 2.45) is 10.8 Å². The molecule has 0 bridgehead atoms. The van der Waals surface area contributed by atoms with Crippen molar-refractivity contribution in [1.29, 1.82) is 0 Å². The third-order valence-electron chi connectivity index (χ3n) is 4.86. The van der Waals surface area contributed by atoms with E-state index >= 15 is 0 Å². The monoisotopic (exact) mass is 326 g/mol. The van der Waals surface area contributed by atoms with Crippen molar-refractivity contribution in [1.82, 2.24) is 0 Å². The first kappa shape index (κ1) is 18.7. The fourth-order valence-corrected chi connectivity index (χ4v) is 3.83. The minimum Gasteiger partial charge on any atom is -0.207 e. The Hall–Kier alpha value is -1.63. The molecule has 0 saturated carbocycles. The predicted octanol–water partition coefficient (Wildman–Crippen LogP) is 7.09. The van der Waals surface area contributed by atoms with E-state index in [4.69, 9.17) is 0 Å². The molecule has 2 rings (SSSR count). The number of aryl methyl sites for hydroxylation is 1. The van der Waals surface area contributed by atoms with Crippen LogP contribution < -0.4 is 0 Å². The minimum absolute atomic E-state index is 0.0701. The summed E-state index contributed by atoms with van der Waals surface area (Å²) >= 11 is 0. The zero-order chi connectivity index (χ0) is 18.1. The van der Waals surface area contributed by atoms with Crippen LogP contribution in [0.4, 0.5) is 4.39 Å². The van der Waals surface area contributed by atoms with Gasteiger partial charge in [-0.1, -0.05) is 83.5 Å². The van der Waals surface area contributed by atoms with Gasteiger partial charge in [0, 0.05) is 0 Å². The predicted molar refractivity (Wildman–Crippen MR) is 102 cm³/mol. The second-order valence-electron chi connectivity index (χ2n) is 9.15. The van der Waals surface area contributed by atoms with E-state index < -0.39 is 0 Å². The van der Waals surface area contributed by atoms with E-state index in [9.17, 15) is 4.39 Å². The molecule has 0 N–H and O–H groups in total. The second kappa shape index (κ2) is 6.70. The number of hydrogen-bond donors (Lipinski definition) is 0. The van der Waals surface area contributed by atoms with Gasteiger partial charge in [0.05, 0.1) is 0 Å². The Morgan fingerprint density at radius 2 is 0.958 bits per heavy atom. The Kier molecular flexibility index (Phi) is 5.22. The molecule has 2 atom stereocenters. The van der Waals surface area contributed by atoms with Crippen molar-refractivity contribution in [3.63, 3.8) is 0 Å². The van der Waals surface area contributed by atoms with Crippen LogP contribution in [0.2, 0.25) is 0 Å².